The van der Waals surface area contributed by atoms with Gasteiger partial charge in [0.25, 0.3) is 0 Å². The van der Waals surface area contributed by atoms with Crippen LogP contribution in [0.4, 0.5) is 0 Å². The normalized spacial score (nSPS) is 14.6. The molecule has 0 bridgehead atoms. The van der Waals surface area contributed by atoms with Crippen molar-refractivity contribution in [1.82, 2.24) is 0 Å². The van der Waals surface area contributed by atoms with Gasteiger partial charge in [-0.2, -0.15) is 0 Å². The summed E-state index contributed by atoms with van der Waals surface area (Å²) in [4.78, 5) is 0. The van der Waals surface area contributed by atoms with Crippen LogP contribution in [0.5, 0.6) is 0 Å². The van der Waals surface area contributed by atoms with Crippen LogP contribution in [0, 0.1) is 0 Å². The van der Waals surface area contributed by atoms with Gasteiger partial charge in [-0.15, -0.1) is 0 Å². The molecular weight excluding hydrogens is 211 g/mol. The molecular formula is C15H33P. The van der Waals surface area contributed by atoms with Crippen LogP contribution in [0.1, 0.15) is 81.6 Å². The highest BCUT2D eigenvalue weighted by Crippen LogP contribution is 2.70. The first-order chi connectivity index (χ1) is 7.05. The van der Waals surface area contributed by atoms with E-state index < -0.39 is 0 Å². The van der Waals surface area contributed by atoms with Crippen molar-refractivity contribution in [2.24, 2.45) is 0 Å². The molecule has 0 atom stereocenters. The highest BCUT2D eigenvalue weighted by atomic mass is 31.1. The van der Waals surface area contributed by atoms with Crippen molar-refractivity contribution in [2.45, 2.75) is 97.0 Å². The molecule has 0 aliphatic rings. The van der Waals surface area contributed by atoms with E-state index in [2.05, 4.69) is 62.3 Å². The molecule has 0 aliphatic carbocycles. The maximum absolute atomic E-state index is 2.48. The van der Waals surface area contributed by atoms with Crippen LogP contribution in [-0.4, -0.2) is 15.5 Å². The second-order valence-corrected chi connectivity index (χ2v) is 11.1. The van der Waals surface area contributed by atoms with Gasteiger partial charge in [-0.05, 0) is 34.7 Å². The third-order valence-electron chi connectivity index (χ3n) is 4.41. The Labute approximate surface area is 105 Å². The minimum absolute atomic E-state index is 0.00926. The summed E-state index contributed by atoms with van der Waals surface area (Å²) in [6.07, 6.45) is 3.89. The average molecular weight is 244 g/mol. The molecule has 0 nitrogen and oxygen atoms in total. The Morgan fingerprint density at radius 3 is 0.875 bits per heavy atom. The fraction of sp³-hybridized carbons (Fsp3) is 1.00. The molecule has 0 saturated heterocycles. The lowest BCUT2D eigenvalue weighted by Crippen LogP contribution is -2.39. The minimum Gasteiger partial charge on any atom is -0.0893 e. The van der Waals surface area contributed by atoms with Crippen molar-refractivity contribution in [3.63, 3.8) is 0 Å². The van der Waals surface area contributed by atoms with Gasteiger partial charge < -0.3 is 0 Å². The minimum atomic E-state index is 0.00926. The maximum atomic E-state index is 2.48. The lowest BCUT2D eigenvalue weighted by atomic mass is 10.1. The Hall–Kier alpha value is 0.430. The van der Waals surface area contributed by atoms with Crippen LogP contribution in [0.3, 0.4) is 0 Å². The van der Waals surface area contributed by atoms with Crippen LogP contribution in [0.2, 0.25) is 0 Å². The summed E-state index contributed by atoms with van der Waals surface area (Å²) in [5.41, 5.74) is 0. The van der Waals surface area contributed by atoms with E-state index in [4.69, 9.17) is 0 Å². The third kappa shape index (κ3) is 3.46. The van der Waals surface area contributed by atoms with E-state index in [9.17, 15) is 0 Å². The summed E-state index contributed by atoms with van der Waals surface area (Å²) < 4.78 is 0. The fourth-order valence-corrected chi connectivity index (χ4v) is 8.80. The highest BCUT2D eigenvalue weighted by molar-refractivity contribution is 7.62. The molecule has 0 aromatic rings. The Morgan fingerprint density at radius 1 is 0.562 bits per heavy atom. The van der Waals surface area contributed by atoms with Crippen molar-refractivity contribution in [2.75, 3.05) is 0 Å². The molecule has 0 rings (SSSR count). The first-order valence-corrected chi connectivity index (χ1v) is 8.19. The zero-order chi connectivity index (χ0) is 13.2. The van der Waals surface area contributed by atoms with Crippen LogP contribution in [0.25, 0.3) is 0 Å². The van der Waals surface area contributed by atoms with Gasteiger partial charge in [0.1, 0.15) is 0 Å². The molecule has 0 spiro atoms. The molecule has 0 aliphatic heterocycles. The van der Waals surface area contributed by atoms with Crippen LogP contribution in [0.15, 0.2) is 0 Å². The molecule has 0 saturated carbocycles. The molecule has 0 aromatic carbocycles. The van der Waals surface area contributed by atoms with Gasteiger partial charge in [0.2, 0.25) is 0 Å². The van der Waals surface area contributed by atoms with Gasteiger partial charge in [-0.1, -0.05) is 70.2 Å². The molecule has 0 heterocycles. The predicted molar refractivity (Wildman–Crippen MR) is 80.0 cm³/mol. The van der Waals surface area contributed by atoms with Crippen LogP contribution < -0.4 is 0 Å². The number of rotatable bonds is 6. The van der Waals surface area contributed by atoms with Gasteiger partial charge in [-0.25, -0.2) is 0 Å². The van der Waals surface area contributed by atoms with Crippen LogP contribution in [-0.2, 0) is 0 Å². The first kappa shape index (κ1) is 16.4. The Kier molecular flexibility index (Phi) is 5.53. The van der Waals surface area contributed by atoms with E-state index in [0.29, 0.717) is 15.5 Å². The van der Waals surface area contributed by atoms with E-state index >= 15 is 0 Å². The lowest BCUT2D eigenvalue weighted by Gasteiger charge is -2.53. The van der Waals surface area contributed by atoms with Crippen LogP contribution >= 0.6 is 7.92 Å². The van der Waals surface area contributed by atoms with Crippen molar-refractivity contribution < 1.29 is 0 Å². The summed E-state index contributed by atoms with van der Waals surface area (Å²) in [5, 5.41) is 1.48. The molecule has 16 heavy (non-hydrogen) atoms. The standard InChI is InChI=1S/C15H33P/c1-10-13(4,5)16(14(6,7)11-2)15(8,9)12-3/h10-12H2,1-9H3. The first-order valence-electron chi connectivity index (χ1n) is 6.85. The van der Waals surface area contributed by atoms with Gasteiger partial charge in [0.15, 0.2) is 0 Å². The second-order valence-electron chi connectivity index (χ2n) is 6.83. The predicted octanol–water partition coefficient (Wildman–Crippen LogP) is 6.03. The second kappa shape index (κ2) is 5.38. The fourth-order valence-electron chi connectivity index (χ4n) is 2.93. The lowest BCUT2D eigenvalue weighted by molar-refractivity contribution is 0.548. The third-order valence-corrected chi connectivity index (χ3v) is 8.99. The Balaban J connectivity index is 5.40. The summed E-state index contributed by atoms with van der Waals surface area (Å²) >= 11 is 0. The molecule has 0 N–H and O–H groups in total. The van der Waals surface area contributed by atoms with Crippen molar-refractivity contribution in [3.05, 3.63) is 0 Å². The summed E-state index contributed by atoms with van der Waals surface area (Å²) in [6, 6.07) is 0. The summed E-state index contributed by atoms with van der Waals surface area (Å²) in [6.45, 7) is 21.9. The molecule has 0 aromatic heterocycles. The molecule has 0 fully saturated rings. The molecule has 1 heteroatoms. The van der Waals surface area contributed by atoms with E-state index in [1.807, 2.05) is 0 Å². The number of hydrogen-bond acceptors (Lipinski definition) is 0. The SMILES string of the molecule is CCC(C)(C)P(C(C)(C)CC)C(C)(C)CC. The largest absolute Gasteiger partial charge is 0.0893 e. The monoisotopic (exact) mass is 244 g/mol. The zero-order valence-electron chi connectivity index (χ0n) is 13.1. The van der Waals surface area contributed by atoms with Gasteiger partial charge in [-0.3, -0.25) is 0 Å². The highest BCUT2D eigenvalue weighted by Gasteiger charge is 2.45. The molecule has 98 valence electrons. The number of hydrogen-bond donors (Lipinski definition) is 0. The van der Waals surface area contributed by atoms with E-state index in [-0.39, 0.29) is 7.92 Å². The van der Waals surface area contributed by atoms with Crippen molar-refractivity contribution in [3.8, 4) is 0 Å². The van der Waals surface area contributed by atoms with E-state index in [1.54, 1.807) is 0 Å². The summed E-state index contributed by atoms with van der Waals surface area (Å²) in [5.74, 6) is 0. The molecule has 0 amide bonds. The van der Waals surface area contributed by atoms with E-state index in [0.717, 1.165) is 0 Å². The van der Waals surface area contributed by atoms with E-state index in [1.165, 1.54) is 19.3 Å². The maximum Gasteiger partial charge on any atom is -0.0144 e. The van der Waals surface area contributed by atoms with Gasteiger partial charge in [0, 0.05) is 0 Å². The quantitative estimate of drug-likeness (QED) is 0.500. The Bertz CT molecular complexity index is 175. The molecule has 0 unspecified atom stereocenters. The topological polar surface area (TPSA) is 0 Å². The summed E-state index contributed by atoms with van der Waals surface area (Å²) in [7, 11) is 0.00926. The van der Waals surface area contributed by atoms with Gasteiger partial charge >= 0.3 is 0 Å². The smallest absolute Gasteiger partial charge is 0.0144 e. The van der Waals surface area contributed by atoms with Crippen molar-refractivity contribution >= 4 is 7.92 Å². The Morgan fingerprint density at radius 2 is 0.750 bits per heavy atom. The molecule has 0 radical (unpaired) electrons. The van der Waals surface area contributed by atoms with Crippen molar-refractivity contribution in [1.29, 1.82) is 0 Å². The zero-order valence-corrected chi connectivity index (χ0v) is 14.0. The average Bonchev–Trinajstić information content (AvgIpc) is 2.16. The van der Waals surface area contributed by atoms with Gasteiger partial charge in [0.05, 0.1) is 0 Å².